The van der Waals surface area contributed by atoms with Crippen LogP contribution in [-0.2, 0) is 4.79 Å². The van der Waals surface area contributed by atoms with Crippen LogP contribution in [0, 0.1) is 0 Å². The maximum atomic E-state index is 12.4. The first kappa shape index (κ1) is 19.5. The minimum atomic E-state index is -0.352. The number of nitrogens with zero attached hydrogens (tertiary/aromatic N) is 1. The number of quaternary nitrogens is 1. The van der Waals surface area contributed by atoms with Crippen molar-refractivity contribution in [2.45, 2.75) is 44.7 Å². The molecule has 0 radical (unpaired) electrons. The summed E-state index contributed by atoms with van der Waals surface area (Å²) in [6.07, 6.45) is 4.32. The van der Waals surface area contributed by atoms with E-state index in [4.69, 9.17) is 4.74 Å². The van der Waals surface area contributed by atoms with Gasteiger partial charge in [0.15, 0.2) is 6.04 Å². The van der Waals surface area contributed by atoms with Crippen molar-refractivity contribution in [1.82, 2.24) is 10.6 Å². The average molecular weight is 375 g/mol. The molecule has 27 heavy (non-hydrogen) atoms. The lowest BCUT2D eigenvalue weighted by molar-refractivity contribution is -0.914. The van der Waals surface area contributed by atoms with Gasteiger partial charge >= 0.3 is 6.03 Å². The van der Waals surface area contributed by atoms with Gasteiger partial charge in [-0.1, -0.05) is 12.8 Å². The predicted octanol–water partition coefficient (Wildman–Crippen LogP) is 0.557. The van der Waals surface area contributed by atoms with Gasteiger partial charge in [-0.25, -0.2) is 4.79 Å². The molecular formula is C20H31N4O3+. The fraction of sp³-hybridized carbons (Fsp3) is 0.600. The van der Waals surface area contributed by atoms with Gasteiger partial charge in [-0.2, -0.15) is 0 Å². The average Bonchev–Trinajstić information content (AvgIpc) is 3.20. The van der Waals surface area contributed by atoms with Crippen LogP contribution >= 0.6 is 0 Å². The van der Waals surface area contributed by atoms with Gasteiger partial charge < -0.3 is 19.9 Å². The SMILES string of the molecule is COc1ccc(N2CC[NH+]([C@@H](C)C(=O)NC(=O)NC3CCCC3)CC2)cc1. The minimum Gasteiger partial charge on any atom is -0.497 e. The molecule has 1 aliphatic carbocycles. The summed E-state index contributed by atoms with van der Waals surface area (Å²) >= 11 is 0. The zero-order valence-corrected chi connectivity index (χ0v) is 16.3. The molecular weight excluding hydrogens is 344 g/mol. The lowest BCUT2D eigenvalue weighted by Crippen LogP contribution is -3.19. The summed E-state index contributed by atoms with van der Waals surface area (Å²) in [4.78, 5) is 28.0. The molecule has 7 nitrogen and oxygen atoms in total. The molecule has 0 aromatic heterocycles. The molecule has 1 aromatic rings. The van der Waals surface area contributed by atoms with E-state index in [1.165, 1.54) is 10.6 Å². The summed E-state index contributed by atoms with van der Waals surface area (Å²) in [5, 5.41) is 5.43. The number of benzene rings is 1. The van der Waals surface area contributed by atoms with Crippen LogP contribution < -0.4 is 25.2 Å². The Balaban J connectivity index is 1.44. The molecule has 1 aromatic carbocycles. The molecule has 1 heterocycles. The number of hydrogen-bond donors (Lipinski definition) is 3. The second-order valence-electron chi connectivity index (χ2n) is 7.51. The monoisotopic (exact) mass is 375 g/mol. The van der Waals surface area contributed by atoms with Gasteiger partial charge in [-0.05, 0) is 44.0 Å². The Morgan fingerprint density at radius 1 is 1.15 bits per heavy atom. The third kappa shape index (κ3) is 5.13. The summed E-state index contributed by atoms with van der Waals surface area (Å²) in [7, 11) is 1.66. The van der Waals surface area contributed by atoms with Crippen molar-refractivity contribution in [3.05, 3.63) is 24.3 Å². The van der Waals surface area contributed by atoms with E-state index in [1.807, 2.05) is 19.1 Å². The Bertz CT molecular complexity index is 635. The normalized spacial score (nSPS) is 19.6. The molecule has 0 unspecified atom stereocenters. The molecule has 3 rings (SSSR count). The Labute approximate surface area is 161 Å². The van der Waals surface area contributed by atoms with Crippen molar-refractivity contribution >= 4 is 17.6 Å². The Morgan fingerprint density at radius 3 is 2.37 bits per heavy atom. The van der Waals surface area contributed by atoms with Crippen LogP contribution in [0.1, 0.15) is 32.6 Å². The lowest BCUT2D eigenvalue weighted by atomic mass is 10.2. The molecule has 1 atom stereocenters. The zero-order chi connectivity index (χ0) is 19.2. The molecule has 1 saturated heterocycles. The minimum absolute atomic E-state index is 0.196. The largest absolute Gasteiger partial charge is 0.497 e. The smallest absolute Gasteiger partial charge is 0.321 e. The van der Waals surface area contributed by atoms with E-state index in [-0.39, 0.29) is 24.0 Å². The van der Waals surface area contributed by atoms with E-state index < -0.39 is 0 Å². The summed E-state index contributed by atoms with van der Waals surface area (Å²) in [5.74, 6) is 0.655. The number of methoxy groups -OCH3 is 1. The number of urea groups is 1. The van der Waals surface area contributed by atoms with E-state index >= 15 is 0 Å². The number of carbonyl (C=O) groups is 2. The highest BCUT2D eigenvalue weighted by molar-refractivity contribution is 5.96. The van der Waals surface area contributed by atoms with Crippen LogP contribution in [0.5, 0.6) is 5.75 Å². The fourth-order valence-corrected chi connectivity index (χ4v) is 3.98. The second-order valence-corrected chi connectivity index (χ2v) is 7.51. The van der Waals surface area contributed by atoms with Gasteiger partial charge in [-0.15, -0.1) is 0 Å². The van der Waals surface area contributed by atoms with Gasteiger partial charge in [-0.3, -0.25) is 10.1 Å². The molecule has 0 bridgehead atoms. The molecule has 2 aliphatic rings. The molecule has 1 aliphatic heterocycles. The van der Waals surface area contributed by atoms with Crippen molar-refractivity contribution in [2.24, 2.45) is 0 Å². The molecule has 148 valence electrons. The molecule has 1 saturated carbocycles. The number of amides is 3. The van der Waals surface area contributed by atoms with Gasteiger partial charge in [0.25, 0.3) is 5.91 Å². The zero-order valence-electron chi connectivity index (χ0n) is 16.3. The van der Waals surface area contributed by atoms with Crippen molar-refractivity contribution < 1.29 is 19.2 Å². The van der Waals surface area contributed by atoms with Crippen molar-refractivity contribution in [3.8, 4) is 5.75 Å². The maximum absolute atomic E-state index is 12.4. The molecule has 2 fully saturated rings. The Kier molecular flexibility index (Phi) is 6.55. The first-order chi connectivity index (χ1) is 13.1. The van der Waals surface area contributed by atoms with Gasteiger partial charge in [0.05, 0.1) is 33.3 Å². The van der Waals surface area contributed by atoms with Crippen LogP contribution in [0.25, 0.3) is 0 Å². The van der Waals surface area contributed by atoms with E-state index in [1.54, 1.807) is 7.11 Å². The van der Waals surface area contributed by atoms with Gasteiger partial charge in [0, 0.05) is 11.7 Å². The van der Waals surface area contributed by atoms with Gasteiger partial charge in [0.1, 0.15) is 5.75 Å². The number of ether oxygens (including phenoxy) is 1. The number of rotatable bonds is 5. The first-order valence-electron chi connectivity index (χ1n) is 9.92. The van der Waals surface area contributed by atoms with Crippen LogP contribution in [0.3, 0.4) is 0 Å². The number of imide groups is 1. The highest BCUT2D eigenvalue weighted by atomic mass is 16.5. The summed E-state index contributed by atoms with van der Waals surface area (Å²) in [6.45, 7) is 5.40. The first-order valence-corrected chi connectivity index (χ1v) is 9.92. The highest BCUT2D eigenvalue weighted by Crippen LogP contribution is 2.19. The number of piperazine rings is 1. The van der Waals surface area contributed by atoms with E-state index in [0.29, 0.717) is 0 Å². The van der Waals surface area contributed by atoms with E-state index in [0.717, 1.165) is 57.6 Å². The Hall–Kier alpha value is -2.28. The van der Waals surface area contributed by atoms with Crippen molar-refractivity contribution in [2.75, 3.05) is 38.2 Å². The molecule has 0 spiro atoms. The summed E-state index contributed by atoms with van der Waals surface area (Å²) in [5.41, 5.74) is 1.17. The van der Waals surface area contributed by atoms with Crippen molar-refractivity contribution in [3.63, 3.8) is 0 Å². The van der Waals surface area contributed by atoms with Crippen LogP contribution in [-0.4, -0.2) is 57.3 Å². The number of hydrogen-bond acceptors (Lipinski definition) is 4. The third-order valence-corrected chi connectivity index (χ3v) is 5.78. The second kappa shape index (κ2) is 9.08. The summed E-state index contributed by atoms with van der Waals surface area (Å²) in [6, 6.07) is 7.68. The highest BCUT2D eigenvalue weighted by Gasteiger charge is 2.30. The van der Waals surface area contributed by atoms with Crippen molar-refractivity contribution in [1.29, 1.82) is 0 Å². The number of nitrogens with one attached hydrogen (secondary N) is 3. The number of anilines is 1. The third-order valence-electron chi connectivity index (χ3n) is 5.78. The van der Waals surface area contributed by atoms with E-state index in [9.17, 15) is 9.59 Å². The molecule has 7 heteroatoms. The molecule has 3 amide bonds. The van der Waals surface area contributed by atoms with Crippen LogP contribution in [0.2, 0.25) is 0 Å². The number of carbonyl (C=O) groups excluding carboxylic acids is 2. The quantitative estimate of drug-likeness (QED) is 0.703. The standard InChI is InChI=1S/C20H30N4O3/c1-15(19(25)22-20(26)21-16-5-3-4-6-16)23-11-13-24(14-12-23)17-7-9-18(27-2)10-8-17/h7-10,15-16H,3-6,11-14H2,1-2H3,(H2,21,22,25,26)/p+1/t15-/m0/s1. The van der Waals surface area contributed by atoms with E-state index in [2.05, 4.69) is 27.7 Å². The van der Waals surface area contributed by atoms with Crippen LogP contribution in [0.15, 0.2) is 24.3 Å². The fourth-order valence-electron chi connectivity index (χ4n) is 3.98. The van der Waals surface area contributed by atoms with Gasteiger partial charge in [0.2, 0.25) is 0 Å². The molecule has 3 N–H and O–H groups in total. The topological polar surface area (TPSA) is 75.1 Å². The maximum Gasteiger partial charge on any atom is 0.321 e. The summed E-state index contributed by atoms with van der Waals surface area (Å²) < 4.78 is 5.20. The lowest BCUT2D eigenvalue weighted by Gasteiger charge is -2.36. The Morgan fingerprint density at radius 2 is 1.78 bits per heavy atom. The van der Waals surface area contributed by atoms with Crippen LogP contribution in [0.4, 0.5) is 10.5 Å². The predicted molar refractivity (Wildman–Crippen MR) is 104 cm³/mol.